The Bertz CT molecular complexity index is 629. The molecule has 2 rings (SSSR count). The van der Waals surface area contributed by atoms with Crippen molar-refractivity contribution in [2.24, 2.45) is 0 Å². The van der Waals surface area contributed by atoms with Crippen LogP contribution in [-0.2, 0) is 6.42 Å². The highest BCUT2D eigenvalue weighted by molar-refractivity contribution is 6.33. The van der Waals surface area contributed by atoms with Crippen molar-refractivity contribution in [1.82, 2.24) is 9.97 Å². The highest BCUT2D eigenvalue weighted by atomic mass is 35.5. The summed E-state index contributed by atoms with van der Waals surface area (Å²) in [6.45, 7) is 6.66. The van der Waals surface area contributed by atoms with E-state index < -0.39 is 0 Å². The Morgan fingerprint density at radius 2 is 2.00 bits per heavy atom. The van der Waals surface area contributed by atoms with E-state index in [4.69, 9.17) is 11.6 Å². The van der Waals surface area contributed by atoms with Crippen molar-refractivity contribution in [3.8, 4) is 11.3 Å². The molecule has 0 saturated heterocycles. The minimum absolute atomic E-state index is 0.328. The number of halogens is 2. The van der Waals surface area contributed by atoms with Gasteiger partial charge in [0.05, 0.1) is 10.7 Å². The van der Waals surface area contributed by atoms with Gasteiger partial charge in [0.15, 0.2) is 0 Å². The van der Waals surface area contributed by atoms with E-state index in [1.165, 1.54) is 12.1 Å². The molecule has 20 heavy (non-hydrogen) atoms. The topological polar surface area (TPSA) is 37.8 Å². The lowest BCUT2D eigenvalue weighted by molar-refractivity contribution is 0.628. The Kier molecular flexibility index (Phi) is 4.55. The van der Waals surface area contributed by atoms with E-state index in [-0.39, 0.29) is 5.82 Å². The van der Waals surface area contributed by atoms with E-state index in [9.17, 15) is 4.39 Å². The largest absolute Gasteiger partial charge is 0.370 e. The Labute approximate surface area is 123 Å². The highest BCUT2D eigenvalue weighted by Crippen LogP contribution is 2.32. The maximum Gasteiger partial charge on any atom is 0.133 e. The number of anilines is 1. The van der Waals surface area contributed by atoms with Crippen LogP contribution in [0.25, 0.3) is 11.3 Å². The molecular formula is C15H17ClFN3. The van der Waals surface area contributed by atoms with Crippen LogP contribution < -0.4 is 5.32 Å². The molecule has 0 spiro atoms. The minimum Gasteiger partial charge on any atom is -0.370 e. The zero-order chi connectivity index (χ0) is 14.7. The lowest BCUT2D eigenvalue weighted by Gasteiger charge is -2.14. The molecule has 2 aromatic rings. The molecule has 0 bridgehead atoms. The van der Waals surface area contributed by atoms with Gasteiger partial charge in [0.1, 0.15) is 17.5 Å². The maximum absolute atomic E-state index is 13.5. The third-order valence-electron chi connectivity index (χ3n) is 3.04. The van der Waals surface area contributed by atoms with Crippen molar-refractivity contribution >= 4 is 17.4 Å². The zero-order valence-corrected chi connectivity index (χ0v) is 12.6. The molecule has 106 valence electrons. The van der Waals surface area contributed by atoms with Gasteiger partial charge in [-0.3, -0.25) is 0 Å². The van der Waals surface area contributed by atoms with Crippen molar-refractivity contribution in [2.75, 3.05) is 11.9 Å². The van der Waals surface area contributed by atoms with E-state index in [0.29, 0.717) is 28.5 Å². The van der Waals surface area contributed by atoms with Crippen LogP contribution in [0.4, 0.5) is 10.2 Å². The summed E-state index contributed by atoms with van der Waals surface area (Å²) in [7, 11) is 0. The van der Waals surface area contributed by atoms with Gasteiger partial charge in [-0.25, -0.2) is 14.4 Å². The summed E-state index contributed by atoms with van der Waals surface area (Å²) >= 11 is 6.18. The van der Waals surface area contributed by atoms with Gasteiger partial charge in [-0.15, -0.1) is 0 Å². The first-order chi connectivity index (χ1) is 9.56. The zero-order valence-electron chi connectivity index (χ0n) is 11.8. The molecule has 0 amide bonds. The molecule has 0 aliphatic rings. The number of rotatable bonds is 4. The lowest BCUT2D eigenvalue weighted by Crippen LogP contribution is -2.07. The summed E-state index contributed by atoms with van der Waals surface area (Å²) in [5, 5.41) is 3.69. The van der Waals surface area contributed by atoms with Crippen molar-refractivity contribution in [3.63, 3.8) is 0 Å². The molecule has 0 radical (unpaired) electrons. The summed E-state index contributed by atoms with van der Waals surface area (Å²) in [5.74, 6) is 1.15. The monoisotopic (exact) mass is 293 g/mol. The number of aryl methyl sites for hydroxylation is 1. The number of nitrogens with one attached hydrogen (secondary N) is 1. The predicted molar refractivity (Wildman–Crippen MR) is 80.7 cm³/mol. The molecule has 1 N–H and O–H groups in total. The third kappa shape index (κ3) is 2.90. The summed E-state index contributed by atoms with van der Waals surface area (Å²) in [6.07, 6.45) is 0.707. The van der Waals surface area contributed by atoms with Gasteiger partial charge < -0.3 is 5.32 Å². The molecule has 0 unspecified atom stereocenters. The Morgan fingerprint density at radius 1 is 1.25 bits per heavy atom. The molecule has 0 atom stereocenters. The number of nitrogens with zero attached hydrogens (tertiary/aromatic N) is 2. The van der Waals surface area contributed by atoms with Crippen LogP contribution in [0.2, 0.25) is 5.02 Å². The molecule has 5 heteroatoms. The fourth-order valence-electron chi connectivity index (χ4n) is 2.00. The lowest BCUT2D eigenvalue weighted by atomic mass is 10.1. The van der Waals surface area contributed by atoms with Crippen LogP contribution in [0.15, 0.2) is 18.2 Å². The van der Waals surface area contributed by atoms with Gasteiger partial charge in [-0.2, -0.15) is 0 Å². The van der Waals surface area contributed by atoms with Crippen LogP contribution in [0.3, 0.4) is 0 Å². The first-order valence-electron chi connectivity index (χ1n) is 6.63. The quantitative estimate of drug-likeness (QED) is 0.916. The molecule has 0 aliphatic carbocycles. The predicted octanol–water partition coefficient (Wildman–Crippen LogP) is 4.24. The number of hydrogen-bond acceptors (Lipinski definition) is 3. The molecule has 1 aromatic heterocycles. The fourth-order valence-corrected chi connectivity index (χ4v) is 2.21. The van der Waals surface area contributed by atoms with Gasteiger partial charge in [-0.05, 0) is 32.0 Å². The summed E-state index contributed by atoms with van der Waals surface area (Å²) in [4.78, 5) is 8.96. The van der Waals surface area contributed by atoms with E-state index in [1.807, 2.05) is 20.8 Å². The third-order valence-corrected chi connectivity index (χ3v) is 3.37. The molecular weight excluding hydrogens is 277 g/mol. The van der Waals surface area contributed by atoms with Crippen molar-refractivity contribution < 1.29 is 4.39 Å². The maximum atomic E-state index is 13.5. The summed E-state index contributed by atoms with van der Waals surface area (Å²) < 4.78 is 13.5. The number of hydrogen-bond donors (Lipinski definition) is 1. The van der Waals surface area contributed by atoms with Crippen LogP contribution in [0, 0.1) is 12.7 Å². The molecule has 0 saturated carbocycles. The Balaban J connectivity index is 2.65. The second kappa shape index (κ2) is 6.18. The van der Waals surface area contributed by atoms with Crippen LogP contribution in [-0.4, -0.2) is 16.5 Å². The second-order valence-electron chi connectivity index (χ2n) is 4.47. The standard InChI is InChI=1S/C15H17ClFN3/c1-4-13-19-14(9(3)15(20-13)18-5-2)11-8-10(17)6-7-12(11)16/h6-8H,4-5H2,1-3H3,(H,18,19,20). The normalized spacial score (nSPS) is 10.7. The summed E-state index contributed by atoms with van der Waals surface area (Å²) in [6, 6.07) is 4.30. The van der Waals surface area contributed by atoms with Crippen molar-refractivity contribution in [3.05, 3.63) is 40.4 Å². The van der Waals surface area contributed by atoms with Gasteiger partial charge in [0.25, 0.3) is 0 Å². The second-order valence-corrected chi connectivity index (χ2v) is 4.88. The van der Waals surface area contributed by atoms with Crippen LogP contribution >= 0.6 is 11.6 Å². The number of benzene rings is 1. The van der Waals surface area contributed by atoms with E-state index in [1.54, 1.807) is 6.07 Å². The Morgan fingerprint density at radius 3 is 2.65 bits per heavy atom. The molecule has 0 fully saturated rings. The first-order valence-corrected chi connectivity index (χ1v) is 7.01. The fraction of sp³-hybridized carbons (Fsp3) is 0.333. The van der Waals surface area contributed by atoms with Gasteiger partial charge >= 0.3 is 0 Å². The van der Waals surface area contributed by atoms with E-state index in [2.05, 4.69) is 15.3 Å². The van der Waals surface area contributed by atoms with Crippen LogP contribution in [0.1, 0.15) is 25.2 Å². The molecule has 1 heterocycles. The Hall–Kier alpha value is -1.68. The van der Waals surface area contributed by atoms with Crippen molar-refractivity contribution in [1.29, 1.82) is 0 Å². The summed E-state index contributed by atoms with van der Waals surface area (Å²) in [5.41, 5.74) is 2.15. The average molecular weight is 294 g/mol. The SMILES string of the molecule is CCNc1nc(CC)nc(-c2cc(F)ccc2Cl)c1C. The smallest absolute Gasteiger partial charge is 0.133 e. The van der Waals surface area contributed by atoms with Crippen LogP contribution in [0.5, 0.6) is 0 Å². The molecule has 0 aliphatic heterocycles. The van der Waals surface area contributed by atoms with Gasteiger partial charge in [-0.1, -0.05) is 18.5 Å². The van der Waals surface area contributed by atoms with E-state index in [0.717, 1.165) is 17.9 Å². The average Bonchev–Trinajstić information content (AvgIpc) is 2.44. The number of aromatic nitrogens is 2. The van der Waals surface area contributed by atoms with Gasteiger partial charge in [0.2, 0.25) is 0 Å². The van der Waals surface area contributed by atoms with E-state index >= 15 is 0 Å². The highest BCUT2D eigenvalue weighted by Gasteiger charge is 2.14. The van der Waals surface area contributed by atoms with Gasteiger partial charge in [0, 0.05) is 24.1 Å². The molecule has 3 nitrogen and oxygen atoms in total. The minimum atomic E-state index is -0.328. The molecule has 1 aromatic carbocycles. The first kappa shape index (κ1) is 14.7. The van der Waals surface area contributed by atoms with Crippen molar-refractivity contribution in [2.45, 2.75) is 27.2 Å².